The molecule has 26 heavy (non-hydrogen) atoms. The molecule has 6 nitrogen and oxygen atoms in total. The Bertz CT molecular complexity index is 693. The first-order valence-corrected chi connectivity index (χ1v) is 9.60. The van der Waals surface area contributed by atoms with Gasteiger partial charge in [-0.3, -0.25) is 9.69 Å². The highest BCUT2D eigenvalue weighted by Gasteiger charge is 2.44. The zero-order valence-corrected chi connectivity index (χ0v) is 15.1. The smallest absolute Gasteiger partial charge is 0.227 e. The molecule has 0 bridgehead atoms. The fourth-order valence-corrected chi connectivity index (χ4v) is 4.62. The monoisotopic (exact) mass is 354 g/mol. The first-order chi connectivity index (χ1) is 12.8. The lowest BCUT2D eigenvalue weighted by Gasteiger charge is -2.50. The van der Waals surface area contributed by atoms with Gasteiger partial charge in [-0.05, 0) is 43.6 Å². The Morgan fingerprint density at radius 1 is 1.27 bits per heavy atom. The number of piperazine rings is 1. The third-order valence-electron chi connectivity index (χ3n) is 5.85. The summed E-state index contributed by atoms with van der Waals surface area (Å²) in [4.78, 5) is 17.7. The number of ether oxygens (including phenoxy) is 1. The van der Waals surface area contributed by atoms with E-state index in [9.17, 15) is 4.79 Å². The molecule has 3 aliphatic rings. The van der Waals surface area contributed by atoms with E-state index in [1.54, 1.807) is 6.07 Å². The van der Waals surface area contributed by atoms with Crippen molar-refractivity contribution < 1.29 is 9.53 Å². The molecule has 3 heterocycles. The number of fused-ring (bicyclic) bond motifs is 1. The Labute approximate surface area is 154 Å². The lowest BCUT2D eigenvalue weighted by atomic mass is 9.92. The van der Waals surface area contributed by atoms with Gasteiger partial charge in [0, 0.05) is 13.1 Å². The minimum Gasteiger partial charge on any atom is -0.378 e. The lowest BCUT2D eigenvalue weighted by Crippen LogP contribution is -2.70. The molecule has 3 fully saturated rings. The maximum absolute atomic E-state index is 13.1. The molecule has 1 amide bonds. The summed E-state index contributed by atoms with van der Waals surface area (Å²) in [6.45, 7) is 5.12. The van der Waals surface area contributed by atoms with Crippen LogP contribution >= 0.6 is 0 Å². The van der Waals surface area contributed by atoms with E-state index >= 15 is 0 Å². The molecule has 1 aromatic rings. The topological polar surface area (TPSA) is 68.6 Å². The summed E-state index contributed by atoms with van der Waals surface area (Å²) in [6, 6.07) is 10.2. The summed E-state index contributed by atoms with van der Waals surface area (Å²) in [7, 11) is 0. The number of hydrogen-bond acceptors (Lipinski definition) is 5. The van der Waals surface area contributed by atoms with Crippen LogP contribution in [-0.4, -0.2) is 73.2 Å². The number of nitriles is 1. The normalized spacial score (nSPS) is 29.2. The zero-order valence-electron chi connectivity index (χ0n) is 15.1. The average Bonchev–Trinajstić information content (AvgIpc) is 3.21. The predicted octanol–water partition coefficient (Wildman–Crippen LogP) is 0.764. The van der Waals surface area contributed by atoms with Crippen molar-refractivity contribution in [3.63, 3.8) is 0 Å². The molecule has 0 aliphatic carbocycles. The van der Waals surface area contributed by atoms with E-state index in [4.69, 9.17) is 10.00 Å². The summed E-state index contributed by atoms with van der Waals surface area (Å²) in [5, 5.41) is 12.6. The Balaban J connectivity index is 1.53. The molecule has 3 saturated heterocycles. The fraction of sp³-hybridized carbons (Fsp3) is 0.600. The molecule has 3 aliphatic heterocycles. The van der Waals surface area contributed by atoms with Gasteiger partial charge in [-0.1, -0.05) is 12.1 Å². The number of likely N-dealkylation sites (tertiary alicyclic amines) is 1. The first-order valence-electron chi connectivity index (χ1n) is 9.60. The van der Waals surface area contributed by atoms with Crippen molar-refractivity contribution in [2.45, 2.75) is 37.4 Å². The van der Waals surface area contributed by atoms with Crippen LogP contribution in [0.2, 0.25) is 0 Å². The molecule has 3 atom stereocenters. The van der Waals surface area contributed by atoms with Gasteiger partial charge in [-0.25, -0.2) is 0 Å². The van der Waals surface area contributed by atoms with Crippen LogP contribution in [0.1, 0.15) is 24.0 Å². The van der Waals surface area contributed by atoms with E-state index < -0.39 is 0 Å². The van der Waals surface area contributed by atoms with Crippen molar-refractivity contribution >= 4 is 5.91 Å². The van der Waals surface area contributed by atoms with E-state index in [2.05, 4.69) is 21.2 Å². The van der Waals surface area contributed by atoms with Crippen LogP contribution in [0.25, 0.3) is 0 Å². The summed E-state index contributed by atoms with van der Waals surface area (Å²) in [6.07, 6.45) is 2.82. The van der Waals surface area contributed by atoms with Crippen LogP contribution in [0, 0.1) is 11.3 Å². The number of amides is 1. The number of rotatable bonds is 3. The summed E-state index contributed by atoms with van der Waals surface area (Å²) in [5.74, 6) is 0.155. The van der Waals surface area contributed by atoms with Crippen LogP contribution in [-0.2, 0) is 16.0 Å². The average molecular weight is 354 g/mol. The number of benzene rings is 1. The van der Waals surface area contributed by atoms with Crippen molar-refractivity contribution in [1.82, 2.24) is 15.1 Å². The molecule has 138 valence electrons. The third kappa shape index (κ3) is 3.48. The minimum atomic E-state index is 0.155. The van der Waals surface area contributed by atoms with Gasteiger partial charge in [0.05, 0.1) is 49.4 Å². The predicted molar refractivity (Wildman–Crippen MR) is 97.6 cm³/mol. The summed E-state index contributed by atoms with van der Waals surface area (Å²) in [5.41, 5.74) is 1.52. The highest BCUT2D eigenvalue weighted by molar-refractivity contribution is 5.79. The molecular weight excluding hydrogens is 328 g/mol. The van der Waals surface area contributed by atoms with Crippen molar-refractivity contribution in [1.29, 1.82) is 5.26 Å². The molecule has 0 radical (unpaired) electrons. The van der Waals surface area contributed by atoms with E-state index in [-0.39, 0.29) is 24.0 Å². The third-order valence-corrected chi connectivity index (χ3v) is 5.85. The Morgan fingerprint density at radius 3 is 2.92 bits per heavy atom. The second kappa shape index (κ2) is 7.75. The molecular formula is C20H26N4O2. The molecule has 2 unspecified atom stereocenters. The van der Waals surface area contributed by atoms with Crippen LogP contribution in [0.5, 0.6) is 0 Å². The van der Waals surface area contributed by atoms with Crippen LogP contribution in [0.4, 0.5) is 0 Å². The molecule has 0 spiro atoms. The van der Waals surface area contributed by atoms with Crippen molar-refractivity contribution in [2.75, 3.05) is 39.4 Å². The van der Waals surface area contributed by atoms with E-state index in [1.807, 2.05) is 18.2 Å². The van der Waals surface area contributed by atoms with Gasteiger partial charge in [0.15, 0.2) is 0 Å². The molecule has 1 N–H and O–H groups in total. The van der Waals surface area contributed by atoms with Crippen molar-refractivity contribution in [3.8, 4) is 6.07 Å². The van der Waals surface area contributed by atoms with Crippen LogP contribution in [0.15, 0.2) is 24.3 Å². The molecule has 0 saturated carbocycles. The van der Waals surface area contributed by atoms with Crippen molar-refractivity contribution in [3.05, 3.63) is 35.4 Å². The molecule has 6 heteroatoms. The van der Waals surface area contributed by atoms with Crippen molar-refractivity contribution in [2.24, 2.45) is 0 Å². The van der Waals surface area contributed by atoms with Gasteiger partial charge in [0.25, 0.3) is 0 Å². The van der Waals surface area contributed by atoms with Gasteiger partial charge in [-0.15, -0.1) is 0 Å². The molecule has 4 rings (SSSR count). The number of nitrogens with one attached hydrogen (secondary N) is 1. The second-order valence-corrected chi connectivity index (χ2v) is 7.48. The zero-order chi connectivity index (χ0) is 17.9. The maximum Gasteiger partial charge on any atom is 0.227 e. The Morgan fingerprint density at radius 2 is 2.12 bits per heavy atom. The van der Waals surface area contributed by atoms with E-state index in [0.29, 0.717) is 25.2 Å². The minimum absolute atomic E-state index is 0.155. The van der Waals surface area contributed by atoms with Gasteiger partial charge >= 0.3 is 0 Å². The van der Waals surface area contributed by atoms with E-state index in [1.165, 1.54) is 12.8 Å². The van der Waals surface area contributed by atoms with Crippen LogP contribution in [0.3, 0.4) is 0 Å². The molecule has 0 aromatic heterocycles. The molecule has 1 aromatic carbocycles. The van der Waals surface area contributed by atoms with Crippen LogP contribution < -0.4 is 5.32 Å². The van der Waals surface area contributed by atoms with E-state index in [0.717, 1.165) is 31.7 Å². The standard InChI is InChI=1S/C20H26N4O2/c21-12-16-5-3-4-15(10-16)11-19(25)24-9-6-22-17-13-26-14-18(20(17)24)23-7-1-2-8-23/h3-5,10,17-18,20,22H,1-2,6-9,11,13-14H2/t17?,18?,20-/m0/s1. The highest BCUT2D eigenvalue weighted by Crippen LogP contribution is 2.26. The van der Waals surface area contributed by atoms with Gasteiger partial charge < -0.3 is 15.0 Å². The highest BCUT2D eigenvalue weighted by atomic mass is 16.5. The first kappa shape index (κ1) is 17.5. The SMILES string of the molecule is N#Cc1cccc(CC(=O)N2CCNC3COCC(N4CCCC4)[C@H]32)c1. The Kier molecular flexibility index (Phi) is 5.21. The lowest BCUT2D eigenvalue weighted by molar-refractivity contribution is -0.142. The second-order valence-electron chi connectivity index (χ2n) is 7.48. The number of carbonyl (C=O) groups excluding carboxylic acids is 1. The Hall–Kier alpha value is -1.94. The largest absolute Gasteiger partial charge is 0.378 e. The summed E-state index contributed by atoms with van der Waals surface area (Å²) >= 11 is 0. The van der Waals surface area contributed by atoms with Gasteiger partial charge in [-0.2, -0.15) is 5.26 Å². The number of carbonyl (C=O) groups is 1. The number of hydrogen-bond donors (Lipinski definition) is 1. The van der Waals surface area contributed by atoms with Gasteiger partial charge in [0.2, 0.25) is 5.91 Å². The maximum atomic E-state index is 13.1. The number of nitrogens with zero attached hydrogens (tertiary/aromatic N) is 3. The quantitative estimate of drug-likeness (QED) is 0.868. The fourth-order valence-electron chi connectivity index (χ4n) is 4.62. The van der Waals surface area contributed by atoms with Gasteiger partial charge in [0.1, 0.15) is 0 Å². The summed E-state index contributed by atoms with van der Waals surface area (Å²) < 4.78 is 5.86.